The monoisotopic (exact) mass is 820 g/mol. The third-order valence-electron chi connectivity index (χ3n) is 8.62. The third-order valence-corrected chi connectivity index (χ3v) is 9.38. The van der Waals surface area contributed by atoms with Crippen molar-refractivity contribution in [3.05, 3.63) is 118 Å². The number of aryl methyl sites for hydroxylation is 3. The Balaban J connectivity index is 0.000000143. The maximum Gasteiger partial charge on any atom is 0.252 e. The molecule has 296 valence electrons. The summed E-state index contributed by atoms with van der Waals surface area (Å²) in [4.78, 5) is 30.6. The van der Waals surface area contributed by atoms with Crippen LogP contribution in [0.15, 0.2) is 78.6 Å². The van der Waals surface area contributed by atoms with Gasteiger partial charge in [-0.15, -0.1) is 5.10 Å². The highest BCUT2D eigenvalue weighted by molar-refractivity contribution is 9.10. The molecule has 0 aliphatic carbocycles. The van der Waals surface area contributed by atoms with Crippen LogP contribution in [0.25, 0.3) is 23.0 Å². The fourth-order valence-corrected chi connectivity index (χ4v) is 6.29. The first-order chi connectivity index (χ1) is 25.9. The van der Waals surface area contributed by atoms with Crippen LogP contribution in [0.4, 0.5) is 0 Å². The second-order valence-electron chi connectivity index (χ2n) is 18.4. The molecule has 8 aromatic rings. The largest absolute Gasteiger partial charge is 0.307 e. The van der Waals surface area contributed by atoms with Crippen LogP contribution in [0.3, 0.4) is 0 Å². The predicted octanol–water partition coefficient (Wildman–Crippen LogP) is 9.79. The number of nitrogens with zero attached hydrogens (tertiary/aromatic N) is 12. The van der Waals surface area contributed by atoms with Gasteiger partial charge in [0, 0.05) is 77.4 Å². The van der Waals surface area contributed by atoms with Crippen molar-refractivity contribution < 1.29 is 0 Å². The molecule has 0 N–H and O–H groups in total. The van der Waals surface area contributed by atoms with E-state index >= 15 is 0 Å². The lowest BCUT2D eigenvalue weighted by molar-refractivity contribution is 0.545. The van der Waals surface area contributed by atoms with Gasteiger partial charge in [-0.2, -0.15) is 4.98 Å². The lowest BCUT2D eigenvalue weighted by Crippen LogP contribution is -2.13. The molecule has 8 heterocycles. The fraction of sp³-hybridized carbons (Fsp3) is 0.442. The van der Waals surface area contributed by atoms with E-state index in [2.05, 4.69) is 181 Å². The Morgan fingerprint density at radius 3 is 1.73 bits per heavy atom. The van der Waals surface area contributed by atoms with E-state index in [9.17, 15) is 0 Å². The SMILES string of the molecule is CC(C)(C)c1nc2ncccn2n1.Cc1ccc2nc(C(C)(C)C)cn2c1.Cc1cnc2nc(C(C)(C)C)c(Br)n2c1.Cc1cnc2nc(C(C)(C)C)cn2c1. The zero-order valence-corrected chi connectivity index (χ0v) is 37.3. The van der Waals surface area contributed by atoms with E-state index in [1.807, 2.05) is 59.7 Å². The summed E-state index contributed by atoms with van der Waals surface area (Å²) >= 11 is 3.58. The first kappa shape index (κ1) is 42.1. The van der Waals surface area contributed by atoms with Gasteiger partial charge in [0.25, 0.3) is 5.78 Å². The summed E-state index contributed by atoms with van der Waals surface area (Å²) in [7, 11) is 0. The van der Waals surface area contributed by atoms with Crippen LogP contribution in [0, 0.1) is 20.8 Å². The smallest absolute Gasteiger partial charge is 0.252 e. The molecule has 0 saturated carbocycles. The van der Waals surface area contributed by atoms with E-state index in [0.717, 1.165) is 55.8 Å². The van der Waals surface area contributed by atoms with Gasteiger partial charge in [0.05, 0.1) is 17.1 Å². The minimum atomic E-state index is -0.0201. The van der Waals surface area contributed by atoms with Gasteiger partial charge in [-0.05, 0) is 65.5 Å². The van der Waals surface area contributed by atoms with Crippen molar-refractivity contribution in [2.45, 2.75) is 126 Å². The standard InChI is InChI=1S/C12H16N2.C11H14BrN3.C11H15N3.C9H12N4/c1-9-5-6-11-13-10(12(2,3)4)8-14(11)7-9;1-7-5-13-10-14-8(11(2,3)4)9(12)15(10)6-7;1-8-5-12-10-13-9(11(2,3)4)7-14(10)6-8;1-9(2,3)7-11-8-10-5-4-6-13(8)12-7/h5-8H,1-4H3;5-6H,1-4H3;5-7H,1-4H3;4-6H,1-3H3. The molecule has 0 aliphatic heterocycles. The molecule has 13 heteroatoms. The number of imidazole rings is 3. The van der Waals surface area contributed by atoms with Gasteiger partial charge in [-0.1, -0.05) is 89.2 Å². The number of pyridine rings is 1. The summed E-state index contributed by atoms with van der Waals surface area (Å²) in [6, 6.07) is 5.99. The topological polar surface area (TPSA) is 121 Å². The van der Waals surface area contributed by atoms with Crippen LogP contribution in [0.1, 0.15) is 123 Å². The predicted molar refractivity (Wildman–Crippen MR) is 229 cm³/mol. The van der Waals surface area contributed by atoms with E-state index in [4.69, 9.17) is 0 Å². The van der Waals surface area contributed by atoms with Crippen molar-refractivity contribution in [1.82, 2.24) is 57.7 Å². The highest BCUT2D eigenvalue weighted by atomic mass is 79.9. The first-order valence-corrected chi connectivity index (χ1v) is 19.7. The van der Waals surface area contributed by atoms with Gasteiger partial charge >= 0.3 is 0 Å². The van der Waals surface area contributed by atoms with E-state index < -0.39 is 0 Å². The maximum absolute atomic E-state index is 4.59. The molecule has 0 saturated heterocycles. The van der Waals surface area contributed by atoms with E-state index in [1.165, 1.54) is 5.56 Å². The lowest BCUT2D eigenvalue weighted by Gasteiger charge is -2.15. The second kappa shape index (κ2) is 15.8. The van der Waals surface area contributed by atoms with Gasteiger partial charge in [0.15, 0.2) is 5.82 Å². The molecule has 0 aromatic carbocycles. The molecule has 0 aliphatic rings. The quantitative estimate of drug-likeness (QED) is 0.148. The van der Waals surface area contributed by atoms with Gasteiger partial charge in [-0.3, -0.25) is 8.80 Å². The van der Waals surface area contributed by atoms with Crippen LogP contribution in [-0.2, 0) is 21.7 Å². The average Bonchev–Trinajstić information content (AvgIpc) is 3.88. The lowest BCUT2D eigenvalue weighted by atomic mass is 9.93. The summed E-state index contributed by atoms with van der Waals surface area (Å²) in [5.41, 5.74) is 8.04. The van der Waals surface area contributed by atoms with Gasteiger partial charge in [0.2, 0.25) is 11.6 Å². The number of halogens is 1. The molecule has 0 amide bonds. The van der Waals surface area contributed by atoms with E-state index in [0.29, 0.717) is 5.78 Å². The maximum atomic E-state index is 4.59. The number of rotatable bonds is 0. The number of hydrogen-bond donors (Lipinski definition) is 0. The summed E-state index contributed by atoms with van der Waals surface area (Å²) < 4.78 is 8.75. The van der Waals surface area contributed by atoms with Crippen molar-refractivity contribution in [3.63, 3.8) is 0 Å². The fourth-order valence-electron chi connectivity index (χ4n) is 5.34. The van der Waals surface area contributed by atoms with Crippen molar-refractivity contribution >= 4 is 38.9 Å². The molecular weight excluding hydrogens is 764 g/mol. The van der Waals surface area contributed by atoms with Crippen molar-refractivity contribution in [3.8, 4) is 0 Å². The summed E-state index contributed by atoms with van der Waals surface area (Å²) in [6.07, 6.45) is 17.6. The average molecular weight is 822 g/mol. The Bertz CT molecular complexity index is 2460. The molecule has 8 aromatic heterocycles. The van der Waals surface area contributed by atoms with Gasteiger partial charge < -0.3 is 4.40 Å². The molecule has 0 spiro atoms. The molecule has 0 unspecified atom stereocenters. The molecule has 0 radical (unpaired) electrons. The van der Waals surface area contributed by atoms with Gasteiger partial charge in [-0.25, -0.2) is 34.4 Å². The van der Waals surface area contributed by atoms with Crippen LogP contribution in [0.2, 0.25) is 0 Å². The van der Waals surface area contributed by atoms with Crippen LogP contribution in [-0.4, -0.2) is 57.7 Å². The molecule has 0 fully saturated rings. The van der Waals surface area contributed by atoms with Gasteiger partial charge in [0.1, 0.15) is 10.3 Å². The van der Waals surface area contributed by atoms with E-state index in [-0.39, 0.29) is 21.7 Å². The Hall–Kier alpha value is -5.04. The van der Waals surface area contributed by atoms with Crippen LogP contribution >= 0.6 is 15.9 Å². The highest BCUT2D eigenvalue weighted by Gasteiger charge is 2.23. The van der Waals surface area contributed by atoms with Crippen molar-refractivity contribution in [2.75, 3.05) is 0 Å². The van der Waals surface area contributed by atoms with Crippen molar-refractivity contribution in [2.24, 2.45) is 0 Å². The summed E-state index contributed by atoms with van der Waals surface area (Å²) in [5, 5.41) is 4.33. The highest BCUT2D eigenvalue weighted by Crippen LogP contribution is 2.29. The third kappa shape index (κ3) is 10.2. The molecule has 56 heavy (non-hydrogen) atoms. The van der Waals surface area contributed by atoms with Crippen LogP contribution < -0.4 is 0 Å². The molecule has 8 rings (SSSR count). The Morgan fingerprint density at radius 1 is 0.536 bits per heavy atom. The Morgan fingerprint density at radius 2 is 1.12 bits per heavy atom. The number of aromatic nitrogens is 12. The number of fused-ring (bicyclic) bond motifs is 4. The molecular formula is C43H57BrN12. The summed E-state index contributed by atoms with van der Waals surface area (Å²) in [5.74, 6) is 3.01. The Kier molecular flexibility index (Phi) is 11.9. The normalized spacial score (nSPS) is 12.3. The van der Waals surface area contributed by atoms with Crippen molar-refractivity contribution in [1.29, 1.82) is 0 Å². The van der Waals surface area contributed by atoms with E-state index in [1.54, 1.807) is 10.7 Å². The zero-order valence-electron chi connectivity index (χ0n) is 35.7. The molecule has 0 bridgehead atoms. The summed E-state index contributed by atoms with van der Waals surface area (Å²) in [6.45, 7) is 31.8. The second-order valence-corrected chi connectivity index (χ2v) is 19.2. The minimum Gasteiger partial charge on any atom is -0.307 e. The van der Waals surface area contributed by atoms with Crippen LogP contribution in [0.5, 0.6) is 0 Å². The molecule has 0 atom stereocenters. The Labute approximate surface area is 339 Å². The zero-order chi connectivity index (χ0) is 41.4. The minimum absolute atomic E-state index is 0.0201. The molecule has 12 nitrogen and oxygen atoms in total. The first-order valence-electron chi connectivity index (χ1n) is 18.9. The number of hydrogen-bond acceptors (Lipinski definition) is 8.